The Balaban J connectivity index is 2.97. The lowest BCUT2D eigenvalue weighted by Gasteiger charge is -2.23. The topological polar surface area (TPSA) is 40.5 Å². The second kappa shape index (κ2) is 6.64. The number of hydrogen-bond acceptors (Lipinski definition) is 2. The number of aliphatic carboxylic acids is 1. The van der Waals surface area contributed by atoms with E-state index in [4.69, 9.17) is 5.11 Å². The lowest BCUT2D eigenvalue weighted by atomic mass is 10.1. The Labute approximate surface area is 108 Å². The molecule has 1 N–H and O–H groups in total. The Morgan fingerprint density at radius 1 is 1.50 bits per heavy atom. The van der Waals surface area contributed by atoms with Crippen molar-refractivity contribution >= 4 is 17.7 Å². The van der Waals surface area contributed by atoms with E-state index in [-0.39, 0.29) is 0 Å². The summed E-state index contributed by atoms with van der Waals surface area (Å²) in [6.45, 7) is 9.60. The van der Waals surface area contributed by atoms with Gasteiger partial charge in [0.15, 0.2) is 0 Å². The standard InChI is InChI=1S/C15H19NO2/c1-4-10-16(5-2)14-8-6-13(11-12(14)3)7-9-15(17)18/h4,6-9,11H,1,5,10H2,2-3H3,(H,17,18)/b9-7+. The maximum atomic E-state index is 10.5. The van der Waals surface area contributed by atoms with Crippen molar-refractivity contribution in [2.45, 2.75) is 13.8 Å². The van der Waals surface area contributed by atoms with Gasteiger partial charge in [-0.05, 0) is 43.2 Å². The zero-order chi connectivity index (χ0) is 13.5. The lowest BCUT2D eigenvalue weighted by molar-refractivity contribution is -0.131. The van der Waals surface area contributed by atoms with Crippen LogP contribution in [-0.2, 0) is 4.79 Å². The second-order valence-corrected chi connectivity index (χ2v) is 4.04. The monoisotopic (exact) mass is 245 g/mol. The fourth-order valence-electron chi connectivity index (χ4n) is 1.86. The molecule has 0 spiro atoms. The van der Waals surface area contributed by atoms with Crippen molar-refractivity contribution in [2.75, 3.05) is 18.0 Å². The van der Waals surface area contributed by atoms with Crippen molar-refractivity contribution in [1.29, 1.82) is 0 Å². The minimum Gasteiger partial charge on any atom is -0.478 e. The number of nitrogens with zero attached hydrogens (tertiary/aromatic N) is 1. The van der Waals surface area contributed by atoms with Crippen LogP contribution < -0.4 is 4.90 Å². The first-order valence-electron chi connectivity index (χ1n) is 5.96. The molecular formula is C15H19NO2. The molecule has 0 saturated carbocycles. The van der Waals surface area contributed by atoms with Gasteiger partial charge in [0.25, 0.3) is 0 Å². The Hall–Kier alpha value is -2.03. The molecule has 1 aromatic rings. The molecule has 0 aliphatic heterocycles. The SMILES string of the molecule is C=CCN(CC)c1ccc(/C=C/C(=O)O)cc1C. The van der Waals surface area contributed by atoms with Gasteiger partial charge in [0.05, 0.1) is 0 Å². The van der Waals surface area contributed by atoms with E-state index in [0.717, 1.165) is 36.0 Å². The molecule has 0 aliphatic carbocycles. The Morgan fingerprint density at radius 3 is 2.72 bits per heavy atom. The van der Waals surface area contributed by atoms with E-state index in [1.165, 1.54) is 0 Å². The highest BCUT2D eigenvalue weighted by Gasteiger charge is 2.05. The van der Waals surface area contributed by atoms with Gasteiger partial charge in [0.2, 0.25) is 0 Å². The highest BCUT2D eigenvalue weighted by atomic mass is 16.4. The van der Waals surface area contributed by atoms with Gasteiger partial charge in [-0.3, -0.25) is 0 Å². The molecule has 0 unspecified atom stereocenters. The van der Waals surface area contributed by atoms with E-state index in [0.29, 0.717) is 0 Å². The quantitative estimate of drug-likeness (QED) is 0.618. The number of carboxylic acid groups (broad SMARTS) is 1. The first-order chi connectivity index (χ1) is 8.58. The van der Waals surface area contributed by atoms with Crippen LogP contribution in [0.5, 0.6) is 0 Å². The first-order valence-corrected chi connectivity index (χ1v) is 5.96. The number of carboxylic acids is 1. The van der Waals surface area contributed by atoms with E-state index >= 15 is 0 Å². The molecule has 18 heavy (non-hydrogen) atoms. The molecule has 1 aromatic carbocycles. The van der Waals surface area contributed by atoms with Gasteiger partial charge in [-0.1, -0.05) is 12.1 Å². The Kier molecular flexibility index (Phi) is 5.18. The number of hydrogen-bond donors (Lipinski definition) is 1. The number of carbonyl (C=O) groups is 1. The van der Waals surface area contributed by atoms with Crippen molar-refractivity contribution in [1.82, 2.24) is 0 Å². The molecule has 3 nitrogen and oxygen atoms in total. The highest BCUT2D eigenvalue weighted by Crippen LogP contribution is 2.21. The normalized spacial score (nSPS) is 10.6. The third-order valence-corrected chi connectivity index (χ3v) is 2.71. The molecule has 0 aromatic heterocycles. The van der Waals surface area contributed by atoms with E-state index in [1.807, 2.05) is 31.2 Å². The summed E-state index contributed by atoms with van der Waals surface area (Å²) in [6, 6.07) is 5.93. The van der Waals surface area contributed by atoms with Crippen LogP contribution in [0.4, 0.5) is 5.69 Å². The zero-order valence-electron chi connectivity index (χ0n) is 10.9. The predicted molar refractivity (Wildman–Crippen MR) is 75.9 cm³/mol. The molecule has 0 atom stereocenters. The van der Waals surface area contributed by atoms with Gasteiger partial charge < -0.3 is 10.0 Å². The Morgan fingerprint density at radius 2 is 2.22 bits per heavy atom. The predicted octanol–water partition coefficient (Wildman–Crippen LogP) is 3.11. The van der Waals surface area contributed by atoms with Crippen molar-refractivity contribution in [2.24, 2.45) is 0 Å². The molecular weight excluding hydrogens is 226 g/mol. The van der Waals surface area contributed by atoms with Crippen molar-refractivity contribution in [3.05, 3.63) is 48.1 Å². The average molecular weight is 245 g/mol. The minimum atomic E-state index is -0.932. The largest absolute Gasteiger partial charge is 0.478 e. The van der Waals surface area contributed by atoms with Crippen molar-refractivity contribution in [3.63, 3.8) is 0 Å². The summed E-state index contributed by atoms with van der Waals surface area (Å²) < 4.78 is 0. The molecule has 96 valence electrons. The van der Waals surface area contributed by atoms with Gasteiger partial charge in [0, 0.05) is 24.9 Å². The van der Waals surface area contributed by atoms with Gasteiger partial charge in [-0.25, -0.2) is 4.79 Å². The average Bonchev–Trinajstić information content (AvgIpc) is 2.34. The highest BCUT2D eigenvalue weighted by molar-refractivity contribution is 5.85. The van der Waals surface area contributed by atoms with Gasteiger partial charge in [-0.2, -0.15) is 0 Å². The number of anilines is 1. The van der Waals surface area contributed by atoms with Crippen LogP contribution in [0.2, 0.25) is 0 Å². The third kappa shape index (κ3) is 3.77. The summed E-state index contributed by atoms with van der Waals surface area (Å²) in [7, 11) is 0. The van der Waals surface area contributed by atoms with E-state index in [2.05, 4.69) is 18.4 Å². The number of benzene rings is 1. The van der Waals surface area contributed by atoms with Gasteiger partial charge >= 0.3 is 5.97 Å². The summed E-state index contributed by atoms with van der Waals surface area (Å²) in [5, 5.41) is 8.59. The molecule has 0 heterocycles. The van der Waals surface area contributed by atoms with Crippen LogP contribution in [0.1, 0.15) is 18.1 Å². The van der Waals surface area contributed by atoms with Crippen molar-refractivity contribution in [3.8, 4) is 0 Å². The number of likely N-dealkylation sites (N-methyl/N-ethyl adjacent to an activating group) is 1. The van der Waals surface area contributed by atoms with E-state index < -0.39 is 5.97 Å². The van der Waals surface area contributed by atoms with Crippen LogP contribution in [0.3, 0.4) is 0 Å². The van der Waals surface area contributed by atoms with E-state index in [9.17, 15) is 4.79 Å². The number of aryl methyl sites for hydroxylation is 1. The molecule has 3 heteroatoms. The fraction of sp³-hybridized carbons (Fsp3) is 0.267. The van der Waals surface area contributed by atoms with Crippen LogP contribution in [0.25, 0.3) is 6.08 Å². The molecule has 0 amide bonds. The molecule has 0 fully saturated rings. The maximum Gasteiger partial charge on any atom is 0.328 e. The third-order valence-electron chi connectivity index (χ3n) is 2.71. The smallest absolute Gasteiger partial charge is 0.328 e. The fourth-order valence-corrected chi connectivity index (χ4v) is 1.86. The summed E-state index contributed by atoms with van der Waals surface area (Å²) >= 11 is 0. The molecule has 0 bridgehead atoms. The maximum absolute atomic E-state index is 10.5. The molecule has 0 saturated heterocycles. The zero-order valence-corrected chi connectivity index (χ0v) is 10.9. The van der Waals surface area contributed by atoms with Crippen LogP contribution in [0, 0.1) is 6.92 Å². The summed E-state index contributed by atoms with van der Waals surface area (Å²) in [4.78, 5) is 12.7. The Bertz CT molecular complexity index is 464. The lowest BCUT2D eigenvalue weighted by Crippen LogP contribution is -2.23. The van der Waals surface area contributed by atoms with Crippen molar-refractivity contribution < 1.29 is 9.90 Å². The van der Waals surface area contributed by atoms with Crippen LogP contribution in [-0.4, -0.2) is 24.2 Å². The van der Waals surface area contributed by atoms with E-state index in [1.54, 1.807) is 6.08 Å². The van der Waals surface area contributed by atoms with Crippen LogP contribution in [0.15, 0.2) is 36.9 Å². The number of rotatable bonds is 6. The summed E-state index contributed by atoms with van der Waals surface area (Å²) in [6.07, 6.45) is 4.62. The second-order valence-electron chi connectivity index (χ2n) is 4.04. The first kappa shape index (κ1) is 14.0. The minimum absolute atomic E-state index is 0.807. The molecule has 0 aliphatic rings. The van der Waals surface area contributed by atoms with Gasteiger partial charge in [0.1, 0.15) is 0 Å². The molecule has 0 radical (unpaired) electrons. The van der Waals surface area contributed by atoms with Gasteiger partial charge in [-0.15, -0.1) is 6.58 Å². The van der Waals surface area contributed by atoms with Crippen LogP contribution >= 0.6 is 0 Å². The molecule has 1 rings (SSSR count). The summed E-state index contributed by atoms with van der Waals surface area (Å²) in [5.41, 5.74) is 3.18. The summed E-state index contributed by atoms with van der Waals surface area (Å²) in [5.74, 6) is -0.932.